The molecule has 142 valence electrons. The second kappa shape index (κ2) is 7.00. The fourth-order valence-electron chi connectivity index (χ4n) is 3.34. The number of hydrogen-bond donors (Lipinski definition) is 2. The molecule has 0 bridgehead atoms. The number of nitrogens with one attached hydrogen (secondary N) is 2. The molecular weight excluding hydrogens is 350 g/mol. The highest BCUT2D eigenvalue weighted by atomic mass is 16.6. The van der Waals surface area contributed by atoms with Gasteiger partial charge in [0.2, 0.25) is 0 Å². The average Bonchev–Trinajstić information content (AvgIpc) is 3.04. The van der Waals surface area contributed by atoms with Gasteiger partial charge in [-0.25, -0.2) is 9.78 Å². The summed E-state index contributed by atoms with van der Waals surface area (Å²) in [7, 11) is 0. The number of aromatic nitrogens is 2. The number of fused-ring (bicyclic) bond motifs is 3. The van der Waals surface area contributed by atoms with E-state index in [0.29, 0.717) is 6.54 Å². The van der Waals surface area contributed by atoms with Crippen molar-refractivity contribution in [1.29, 1.82) is 0 Å². The topological polar surface area (TPSA) is 67.0 Å². The number of alkyl carbamates (subject to hydrolysis) is 1. The lowest BCUT2D eigenvalue weighted by Gasteiger charge is -2.19. The molecule has 5 nitrogen and oxygen atoms in total. The van der Waals surface area contributed by atoms with E-state index in [9.17, 15) is 4.79 Å². The van der Waals surface area contributed by atoms with E-state index in [2.05, 4.69) is 39.6 Å². The van der Waals surface area contributed by atoms with E-state index in [4.69, 9.17) is 4.74 Å². The van der Waals surface area contributed by atoms with Gasteiger partial charge in [0.05, 0.1) is 0 Å². The molecule has 0 saturated heterocycles. The van der Waals surface area contributed by atoms with Gasteiger partial charge < -0.3 is 15.0 Å². The van der Waals surface area contributed by atoms with E-state index in [-0.39, 0.29) is 0 Å². The van der Waals surface area contributed by atoms with Crippen LogP contribution in [0, 0.1) is 0 Å². The van der Waals surface area contributed by atoms with Gasteiger partial charge >= 0.3 is 6.09 Å². The van der Waals surface area contributed by atoms with Gasteiger partial charge in [0.25, 0.3) is 0 Å². The van der Waals surface area contributed by atoms with Crippen LogP contribution in [0.4, 0.5) is 4.79 Å². The fraction of sp³-hybridized carbons (Fsp3) is 0.217. The minimum Gasteiger partial charge on any atom is -0.444 e. The highest BCUT2D eigenvalue weighted by Crippen LogP contribution is 2.33. The summed E-state index contributed by atoms with van der Waals surface area (Å²) < 4.78 is 5.31. The lowest BCUT2D eigenvalue weighted by molar-refractivity contribution is 0.0523. The first-order chi connectivity index (χ1) is 13.4. The summed E-state index contributed by atoms with van der Waals surface area (Å²) in [6.45, 7) is 5.96. The van der Waals surface area contributed by atoms with Gasteiger partial charge in [0, 0.05) is 29.0 Å². The normalized spacial score (nSPS) is 11.7. The van der Waals surface area contributed by atoms with E-state index < -0.39 is 11.7 Å². The first-order valence-electron chi connectivity index (χ1n) is 9.32. The minimum absolute atomic E-state index is 0.408. The number of benzene rings is 2. The molecule has 0 fully saturated rings. The number of pyridine rings is 1. The van der Waals surface area contributed by atoms with Crippen LogP contribution in [-0.2, 0) is 11.3 Å². The number of ether oxygens (including phenoxy) is 1. The molecule has 1 amide bonds. The predicted octanol–water partition coefficient (Wildman–Crippen LogP) is 5.41. The van der Waals surface area contributed by atoms with E-state index in [1.807, 2.05) is 57.3 Å². The van der Waals surface area contributed by atoms with Crippen molar-refractivity contribution < 1.29 is 9.53 Å². The van der Waals surface area contributed by atoms with Crippen LogP contribution in [0.15, 0.2) is 60.8 Å². The zero-order chi connectivity index (χ0) is 19.7. The van der Waals surface area contributed by atoms with Crippen LogP contribution in [0.25, 0.3) is 33.1 Å². The Labute approximate surface area is 163 Å². The summed E-state index contributed by atoms with van der Waals surface area (Å²) in [5.41, 5.74) is 4.63. The lowest BCUT2D eigenvalue weighted by atomic mass is 9.99. The van der Waals surface area contributed by atoms with Crippen LogP contribution in [0.3, 0.4) is 0 Å². The fourth-order valence-corrected chi connectivity index (χ4v) is 3.34. The summed E-state index contributed by atoms with van der Waals surface area (Å²) in [5, 5.41) is 5.07. The first-order valence-corrected chi connectivity index (χ1v) is 9.32. The van der Waals surface area contributed by atoms with Crippen LogP contribution in [0.1, 0.15) is 26.3 Å². The number of H-pyrrole nitrogens is 1. The van der Waals surface area contributed by atoms with E-state index in [1.165, 1.54) is 0 Å². The minimum atomic E-state index is -0.510. The molecule has 0 spiro atoms. The lowest BCUT2D eigenvalue weighted by Crippen LogP contribution is -2.32. The van der Waals surface area contributed by atoms with Gasteiger partial charge in [-0.2, -0.15) is 0 Å². The molecule has 2 N–H and O–H groups in total. The van der Waals surface area contributed by atoms with Crippen LogP contribution in [0.2, 0.25) is 0 Å². The standard InChI is InChI=1S/C23H23N3O2/c1-23(2,3)28-22(27)25-14-15-7-6-8-16(13-15)17-11-12-24-21-20(17)18-9-4-5-10-19(18)26-21/h4-13H,14H2,1-3H3,(H,24,26)(H,25,27). The first kappa shape index (κ1) is 18.0. The zero-order valence-electron chi connectivity index (χ0n) is 16.2. The van der Waals surface area contributed by atoms with Crippen LogP contribution in [0.5, 0.6) is 0 Å². The van der Waals surface area contributed by atoms with Gasteiger partial charge in [0.1, 0.15) is 11.2 Å². The second-order valence-electron chi connectivity index (χ2n) is 7.81. The number of hydrogen-bond acceptors (Lipinski definition) is 3. The van der Waals surface area contributed by atoms with Gasteiger partial charge in [-0.15, -0.1) is 0 Å². The maximum atomic E-state index is 11.9. The van der Waals surface area contributed by atoms with Crippen LogP contribution < -0.4 is 5.32 Å². The summed E-state index contributed by atoms with van der Waals surface area (Å²) in [4.78, 5) is 19.8. The number of amides is 1. The molecule has 2 aromatic heterocycles. The number of nitrogens with zero attached hydrogens (tertiary/aromatic N) is 1. The van der Waals surface area contributed by atoms with Crippen LogP contribution >= 0.6 is 0 Å². The molecule has 0 radical (unpaired) electrons. The molecule has 0 aliphatic carbocycles. The van der Waals surface area contributed by atoms with Crippen molar-refractivity contribution in [3.05, 3.63) is 66.4 Å². The highest BCUT2D eigenvalue weighted by Gasteiger charge is 2.16. The Kier molecular flexibility index (Phi) is 4.51. The summed E-state index contributed by atoms with van der Waals surface area (Å²) >= 11 is 0. The number of para-hydroxylation sites is 1. The Hall–Kier alpha value is -3.34. The van der Waals surface area contributed by atoms with Crippen molar-refractivity contribution in [2.75, 3.05) is 0 Å². The number of carbonyl (C=O) groups excluding carboxylic acids is 1. The maximum Gasteiger partial charge on any atom is 0.407 e. The van der Waals surface area contributed by atoms with Crippen molar-refractivity contribution >= 4 is 28.0 Å². The zero-order valence-corrected chi connectivity index (χ0v) is 16.2. The summed E-state index contributed by atoms with van der Waals surface area (Å²) in [5.74, 6) is 0. The number of carbonyl (C=O) groups is 1. The molecule has 2 aromatic carbocycles. The van der Waals surface area contributed by atoms with Crippen molar-refractivity contribution in [1.82, 2.24) is 15.3 Å². The Morgan fingerprint density at radius 1 is 1.11 bits per heavy atom. The van der Waals surface area contributed by atoms with Gasteiger partial charge in [-0.1, -0.05) is 36.4 Å². The monoisotopic (exact) mass is 373 g/mol. The SMILES string of the molecule is CC(C)(C)OC(=O)NCc1cccc(-c2ccnc3[nH]c4ccccc4c23)c1. The van der Waals surface area contributed by atoms with E-state index >= 15 is 0 Å². The highest BCUT2D eigenvalue weighted by molar-refractivity contribution is 6.12. The van der Waals surface area contributed by atoms with Gasteiger partial charge in [-0.05, 0) is 55.7 Å². The Balaban J connectivity index is 1.66. The largest absolute Gasteiger partial charge is 0.444 e. The molecular formula is C23H23N3O2. The van der Waals surface area contributed by atoms with Crippen LogP contribution in [-0.4, -0.2) is 21.7 Å². The van der Waals surface area contributed by atoms with Gasteiger partial charge in [-0.3, -0.25) is 0 Å². The molecule has 28 heavy (non-hydrogen) atoms. The predicted molar refractivity (Wildman–Crippen MR) is 112 cm³/mol. The third kappa shape index (κ3) is 3.69. The third-order valence-corrected chi connectivity index (χ3v) is 4.47. The van der Waals surface area contributed by atoms with Crippen molar-refractivity contribution in [2.45, 2.75) is 32.9 Å². The molecule has 5 heteroatoms. The molecule has 4 rings (SSSR count). The van der Waals surface area contributed by atoms with Crippen molar-refractivity contribution in [2.24, 2.45) is 0 Å². The third-order valence-electron chi connectivity index (χ3n) is 4.47. The van der Waals surface area contributed by atoms with Gasteiger partial charge in [0.15, 0.2) is 0 Å². The smallest absolute Gasteiger partial charge is 0.407 e. The molecule has 0 aliphatic rings. The number of rotatable bonds is 3. The van der Waals surface area contributed by atoms with E-state index in [0.717, 1.165) is 38.6 Å². The van der Waals surface area contributed by atoms with E-state index in [1.54, 1.807) is 0 Å². The molecule has 4 aromatic rings. The van der Waals surface area contributed by atoms with Crippen molar-refractivity contribution in [3.8, 4) is 11.1 Å². The molecule has 0 aliphatic heterocycles. The summed E-state index contributed by atoms with van der Waals surface area (Å²) in [6.07, 6.45) is 1.40. The Morgan fingerprint density at radius 2 is 1.93 bits per heavy atom. The average molecular weight is 373 g/mol. The quantitative estimate of drug-likeness (QED) is 0.505. The molecule has 0 saturated carbocycles. The molecule has 0 atom stereocenters. The Morgan fingerprint density at radius 3 is 2.75 bits per heavy atom. The Bertz CT molecular complexity index is 1160. The maximum absolute atomic E-state index is 11.9. The molecule has 2 heterocycles. The molecule has 0 unspecified atom stereocenters. The second-order valence-corrected chi connectivity index (χ2v) is 7.81. The summed E-state index contributed by atoms with van der Waals surface area (Å²) in [6, 6.07) is 18.4. The number of aromatic amines is 1. The van der Waals surface area contributed by atoms with Crippen molar-refractivity contribution in [3.63, 3.8) is 0 Å².